The SMILES string of the molecule is CCCCCCC(C/C=C/CCCCCCCC(=O)OCC(C)OC(C)=O)OC(C)=O. The first-order valence-electron chi connectivity index (χ1n) is 12.0. The maximum absolute atomic E-state index is 11.7. The van der Waals surface area contributed by atoms with Gasteiger partial charge in [-0.1, -0.05) is 57.6 Å². The van der Waals surface area contributed by atoms with Crippen LogP contribution < -0.4 is 0 Å². The molecule has 0 rings (SSSR count). The number of allylic oxidation sites excluding steroid dienone is 1. The van der Waals surface area contributed by atoms with E-state index in [1.807, 2.05) is 0 Å². The molecule has 0 aliphatic heterocycles. The molecule has 6 nitrogen and oxygen atoms in total. The minimum atomic E-state index is -0.403. The van der Waals surface area contributed by atoms with Crippen LogP contribution in [0.5, 0.6) is 0 Å². The van der Waals surface area contributed by atoms with E-state index in [0.717, 1.165) is 57.8 Å². The Morgan fingerprint density at radius 3 is 2.13 bits per heavy atom. The normalized spacial score (nSPS) is 13.0. The number of ether oxygens (including phenoxy) is 3. The highest BCUT2D eigenvalue weighted by Crippen LogP contribution is 2.13. The Morgan fingerprint density at radius 2 is 1.45 bits per heavy atom. The molecule has 0 aliphatic rings. The number of carbonyl (C=O) groups excluding carboxylic acids is 3. The summed E-state index contributed by atoms with van der Waals surface area (Å²) in [7, 11) is 0. The summed E-state index contributed by atoms with van der Waals surface area (Å²) in [4.78, 5) is 33.7. The zero-order chi connectivity index (χ0) is 23.3. The summed E-state index contributed by atoms with van der Waals surface area (Å²) < 4.78 is 15.4. The third-order valence-corrected chi connectivity index (χ3v) is 4.88. The van der Waals surface area contributed by atoms with Crippen LogP contribution in [-0.4, -0.2) is 36.7 Å². The van der Waals surface area contributed by atoms with Crippen molar-refractivity contribution in [1.82, 2.24) is 0 Å². The predicted octanol–water partition coefficient (Wildman–Crippen LogP) is 6.06. The Balaban J connectivity index is 3.70. The fraction of sp³-hybridized carbons (Fsp3) is 0.800. The number of esters is 3. The van der Waals surface area contributed by atoms with Crippen LogP contribution in [0.4, 0.5) is 0 Å². The minimum Gasteiger partial charge on any atom is -0.462 e. The second kappa shape index (κ2) is 20.1. The van der Waals surface area contributed by atoms with E-state index < -0.39 is 6.10 Å². The maximum atomic E-state index is 11.7. The summed E-state index contributed by atoms with van der Waals surface area (Å²) >= 11 is 0. The van der Waals surface area contributed by atoms with Crippen molar-refractivity contribution >= 4 is 17.9 Å². The van der Waals surface area contributed by atoms with Gasteiger partial charge in [-0.3, -0.25) is 14.4 Å². The topological polar surface area (TPSA) is 78.9 Å². The molecule has 0 fully saturated rings. The molecule has 2 atom stereocenters. The van der Waals surface area contributed by atoms with Gasteiger partial charge in [-0.05, 0) is 39.0 Å². The lowest BCUT2D eigenvalue weighted by Gasteiger charge is -2.15. The van der Waals surface area contributed by atoms with Gasteiger partial charge in [0.25, 0.3) is 0 Å². The van der Waals surface area contributed by atoms with Crippen LogP contribution in [0.15, 0.2) is 12.2 Å². The van der Waals surface area contributed by atoms with E-state index >= 15 is 0 Å². The van der Waals surface area contributed by atoms with E-state index in [1.54, 1.807) is 6.92 Å². The lowest BCUT2D eigenvalue weighted by atomic mass is 10.1. The summed E-state index contributed by atoms with van der Waals surface area (Å²) in [5.41, 5.74) is 0. The summed E-state index contributed by atoms with van der Waals surface area (Å²) in [6, 6.07) is 0. The second-order valence-electron chi connectivity index (χ2n) is 8.20. The molecule has 0 heterocycles. The summed E-state index contributed by atoms with van der Waals surface area (Å²) in [5.74, 6) is -0.805. The molecule has 0 aromatic heterocycles. The number of unbranched alkanes of at least 4 members (excludes halogenated alkanes) is 8. The zero-order valence-electron chi connectivity index (χ0n) is 20.2. The average molecular weight is 441 g/mol. The molecule has 0 saturated carbocycles. The summed E-state index contributed by atoms with van der Waals surface area (Å²) in [6.45, 7) is 6.82. The van der Waals surface area contributed by atoms with Crippen molar-refractivity contribution in [1.29, 1.82) is 0 Å². The van der Waals surface area contributed by atoms with Crippen molar-refractivity contribution in [2.75, 3.05) is 6.61 Å². The molecule has 0 aromatic rings. The Bertz CT molecular complexity index is 514. The Hall–Kier alpha value is -1.85. The number of hydrogen-bond donors (Lipinski definition) is 0. The van der Waals surface area contributed by atoms with Crippen molar-refractivity contribution in [3.8, 4) is 0 Å². The zero-order valence-corrected chi connectivity index (χ0v) is 20.2. The van der Waals surface area contributed by atoms with Crippen LogP contribution in [-0.2, 0) is 28.6 Å². The van der Waals surface area contributed by atoms with Crippen molar-refractivity contribution in [3.63, 3.8) is 0 Å². The van der Waals surface area contributed by atoms with Gasteiger partial charge in [0.1, 0.15) is 18.8 Å². The van der Waals surface area contributed by atoms with Crippen LogP contribution >= 0.6 is 0 Å². The highest BCUT2D eigenvalue weighted by Gasteiger charge is 2.10. The second-order valence-corrected chi connectivity index (χ2v) is 8.20. The van der Waals surface area contributed by atoms with E-state index in [-0.39, 0.29) is 30.6 Å². The van der Waals surface area contributed by atoms with Crippen molar-refractivity contribution in [2.45, 2.75) is 123 Å². The maximum Gasteiger partial charge on any atom is 0.305 e. The molecule has 180 valence electrons. The van der Waals surface area contributed by atoms with Crippen molar-refractivity contribution in [3.05, 3.63) is 12.2 Å². The van der Waals surface area contributed by atoms with Gasteiger partial charge in [0.05, 0.1) is 0 Å². The van der Waals surface area contributed by atoms with Gasteiger partial charge < -0.3 is 14.2 Å². The average Bonchev–Trinajstić information content (AvgIpc) is 2.69. The van der Waals surface area contributed by atoms with Gasteiger partial charge in [-0.15, -0.1) is 0 Å². The Kier molecular flexibility index (Phi) is 18.9. The molecule has 0 aromatic carbocycles. The fourth-order valence-electron chi connectivity index (χ4n) is 3.29. The lowest BCUT2D eigenvalue weighted by molar-refractivity contribution is -0.156. The van der Waals surface area contributed by atoms with Gasteiger partial charge in [-0.25, -0.2) is 0 Å². The Morgan fingerprint density at radius 1 is 0.806 bits per heavy atom. The fourth-order valence-corrected chi connectivity index (χ4v) is 3.29. The standard InChI is InChI=1S/C25H44O6/c1-5-6-7-14-17-24(31-23(4)27)18-15-12-10-8-9-11-13-16-19-25(28)29-20-21(2)30-22(3)26/h12,15,21,24H,5-11,13-14,16-20H2,1-4H3/b15-12+. The monoisotopic (exact) mass is 440 g/mol. The molecule has 0 bridgehead atoms. The van der Waals surface area contributed by atoms with Crippen LogP contribution in [0.25, 0.3) is 0 Å². The lowest BCUT2D eigenvalue weighted by Crippen LogP contribution is -2.21. The van der Waals surface area contributed by atoms with E-state index in [0.29, 0.717) is 6.42 Å². The van der Waals surface area contributed by atoms with E-state index in [1.165, 1.54) is 33.1 Å². The summed E-state index contributed by atoms with van der Waals surface area (Å²) in [6.07, 6.45) is 17.0. The molecule has 6 heteroatoms. The van der Waals surface area contributed by atoms with Crippen LogP contribution in [0.1, 0.15) is 111 Å². The van der Waals surface area contributed by atoms with Gasteiger partial charge in [0.15, 0.2) is 0 Å². The largest absolute Gasteiger partial charge is 0.462 e. The van der Waals surface area contributed by atoms with Gasteiger partial charge >= 0.3 is 17.9 Å². The predicted molar refractivity (Wildman–Crippen MR) is 123 cm³/mol. The number of carbonyl (C=O) groups is 3. The minimum absolute atomic E-state index is 0.00220. The number of hydrogen-bond acceptors (Lipinski definition) is 6. The van der Waals surface area contributed by atoms with E-state index in [2.05, 4.69) is 19.1 Å². The highest BCUT2D eigenvalue weighted by atomic mass is 16.6. The first-order chi connectivity index (χ1) is 14.8. The van der Waals surface area contributed by atoms with Crippen LogP contribution in [0.2, 0.25) is 0 Å². The van der Waals surface area contributed by atoms with E-state index in [9.17, 15) is 14.4 Å². The molecule has 0 spiro atoms. The molecule has 31 heavy (non-hydrogen) atoms. The molecule has 0 radical (unpaired) electrons. The van der Waals surface area contributed by atoms with E-state index in [4.69, 9.17) is 14.2 Å². The van der Waals surface area contributed by atoms with Crippen LogP contribution in [0, 0.1) is 0 Å². The molecular weight excluding hydrogens is 396 g/mol. The first kappa shape index (κ1) is 29.1. The van der Waals surface area contributed by atoms with Gasteiger partial charge in [0.2, 0.25) is 0 Å². The van der Waals surface area contributed by atoms with Crippen LogP contribution in [0.3, 0.4) is 0 Å². The third kappa shape index (κ3) is 21.2. The van der Waals surface area contributed by atoms with Gasteiger partial charge in [-0.2, -0.15) is 0 Å². The Labute approximate surface area is 189 Å². The molecule has 0 amide bonds. The molecule has 0 N–H and O–H groups in total. The molecular formula is C25H44O6. The summed E-state index contributed by atoms with van der Waals surface area (Å²) in [5, 5.41) is 0. The first-order valence-corrected chi connectivity index (χ1v) is 12.0. The molecule has 0 aliphatic carbocycles. The van der Waals surface area contributed by atoms with Crippen molar-refractivity contribution < 1.29 is 28.6 Å². The number of rotatable bonds is 19. The molecule has 2 unspecified atom stereocenters. The highest BCUT2D eigenvalue weighted by molar-refractivity contribution is 5.69. The quantitative estimate of drug-likeness (QED) is 0.105. The smallest absolute Gasteiger partial charge is 0.305 e. The van der Waals surface area contributed by atoms with Gasteiger partial charge in [0, 0.05) is 26.7 Å². The molecule has 0 saturated heterocycles. The van der Waals surface area contributed by atoms with Crippen molar-refractivity contribution in [2.24, 2.45) is 0 Å². The third-order valence-electron chi connectivity index (χ3n) is 4.88.